The second-order valence-corrected chi connectivity index (χ2v) is 9.19. The second-order valence-electron chi connectivity index (χ2n) is 8.78. The zero-order valence-electron chi connectivity index (χ0n) is 19.6. The van der Waals surface area contributed by atoms with Crippen LogP contribution in [-0.4, -0.2) is 33.8 Å². The molecule has 1 atom stereocenters. The fourth-order valence-corrected chi connectivity index (χ4v) is 3.63. The summed E-state index contributed by atoms with van der Waals surface area (Å²) >= 11 is 6.28. The van der Waals surface area contributed by atoms with Crippen molar-refractivity contribution in [2.24, 2.45) is 0 Å². The van der Waals surface area contributed by atoms with Crippen molar-refractivity contribution in [1.82, 2.24) is 14.9 Å². The van der Waals surface area contributed by atoms with Crippen molar-refractivity contribution in [1.29, 1.82) is 0 Å². The summed E-state index contributed by atoms with van der Waals surface area (Å²) in [5.41, 5.74) is -0.124. The number of hydrogen-bond acceptors (Lipinski definition) is 6. The van der Waals surface area contributed by atoms with Gasteiger partial charge in [-0.2, -0.15) is 0 Å². The van der Waals surface area contributed by atoms with Crippen LogP contribution in [0.3, 0.4) is 0 Å². The van der Waals surface area contributed by atoms with Crippen molar-refractivity contribution in [3.8, 4) is 0 Å². The van der Waals surface area contributed by atoms with Crippen LogP contribution in [0, 0.1) is 0 Å². The summed E-state index contributed by atoms with van der Waals surface area (Å²) in [7, 11) is 0. The Bertz CT molecular complexity index is 1240. The highest BCUT2D eigenvalue weighted by Crippen LogP contribution is 2.21. The summed E-state index contributed by atoms with van der Waals surface area (Å²) in [6.45, 7) is 7.33. The van der Waals surface area contributed by atoms with E-state index in [0.717, 1.165) is 0 Å². The molecule has 180 valence electrons. The van der Waals surface area contributed by atoms with Gasteiger partial charge in [0.05, 0.1) is 34.1 Å². The molecule has 3 rings (SSSR count). The first-order valence-electron chi connectivity index (χ1n) is 11.0. The van der Waals surface area contributed by atoms with Gasteiger partial charge >= 0.3 is 12.1 Å². The summed E-state index contributed by atoms with van der Waals surface area (Å²) in [5.74, 6) is -0.0900. The largest absolute Gasteiger partial charge is 0.462 e. The summed E-state index contributed by atoms with van der Waals surface area (Å²) in [4.78, 5) is 42.4. The van der Waals surface area contributed by atoms with Gasteiger partial charge < -0.3 is 14.8 Å². The molecule has 0 unspecified atom stereocenters. The number of benzene rings is 2. The number of fused-ring (bicyclic) bond motifs is 1. The molecule has 1 N–H and O–H groups in total. The molecular weight excluding hydrogens is 458 g/mol. The zero-order valence-corrected chi connectivity index (χ0v) is 20.4. The molecule has 0 fully saturated rings. The molecule has 1 aromatic heterocycles. The molecule has 1 heterocycles. The average molecular weight is 486 g/mol. The van der Waals surface area contributed by atoms with Crippen LogP contribution in [-0.2, 0) is 16.0 Å². The predicted molar refractivity (Wildman–Crippen MR) is 130 cm³/mol. The molecule has 0 saturated heterocycles. The van der Waals surface area contributed by atoms with Gasteiger partial charge in [-0.15, -0.1) is 0 Å². The highest BCUT2D eigenvalue weighted by molar-refractivity contribution is 6.35. The first-order valence-corrected chi connectivity index (χ1v) is 11.4. The lowest BCUT2D eigenvalue weighted by Gasteiger charge is -2.23. The van der Waals surface area contributed by atoms with Gasteiger partial charge in [-0.1, -0.05) is 35.9 Å². The molecule has 34 heavy (non-hydrogen) atoms. The number of carbonyl (C=O) groups excluding carboxylic acids is 2. The summed E-state index contributed by atoms with van der Waals surface area (Å²) in [6, 6.07) is 13.1. The van der Waals surface area contributed by atoms with Gasteiger partial charge in [0.15, 0.2) is 0 Å². The van der Waals surface area contributed by atoms with E-state index in [1.54, 1.807) is 70.2 Å². The minimum absolute atomic E-state index is 0.105. The third kappa shape index (κ3) is 6.35. The Hall–Kier alpha value is -3.39. The zero-order chi connectivity index (χ0) is 24.9. The number of alkyl carbamates (subject to hydrolysis) is 1. The maximum atomic E-state index is 13.3. The van der Waals surface area contributed by atoms with Gasteiger partial charge in [0.2, 0.25) is 0 Å². The van der Waals surface area contributed by atoms with Crippen molar-refractivity contribution in [2.75, 3.05) is 6.61 Å². The Morgan fingerprint density at radius 2 is 1.82 bits per heavy atom. The molecule has 0 bridgehead atoms. The molecule has 8 nitrogen and oxygen atoms in total. The average Bonchev–Trinajstić information content (AvgIpc) is 2.76. The van der Waals surface area contributed by atoms with Crippen LogP contribution in [0.25, 0.3) is 10.9 Å². The van der Waals surface area contributed by atoms with Crippen molar-refractivity contribution in [3.05, 3.63) is 75.3 Å². The topological polar surface area (TPSA) is 99.5 Å². The SMILES string of the molecule is C[C@H](NC(=O)OC(C)(C)C)c1nc2cccc(Cl)c2c(=O)n1CCCOC(=O)c1ccccc1. The van der Waals surface area contributed by atoms with Gasteiger partial charge in [0.1, 0.15) is 11.4 Å². The third-order valence-corrected chi connectivity index (χ3v) is 5.17. The molecule has 0 spiro atoms. The van der Waals surface area contributed by atoms with E-state index in [-0.39, 0.29) is 18.7 Å². The molecule has 0 saturated carbocycles. The lowest BCUT2D eigenvalue weighted by atomic mass is 10.2. The summed E-state index contributed by atoms with van der Waals surface area (Å²) in [5, 5.41) is 3.31. The Morgan fingerprint density at radius 1 is 1.12 bits per heavy atom. The number of amides is 1. The van der Waals surface area contributed by atoms with Crippen LogP contribution in [0.5, 0.6) is 0 Å². The second kappa shape index (κ2) is 10.7. The van der Waals surface area contributed by atoms with E-state index >= 15 is 0 Å². The summed E-state index contributed by atoms with van der Waals surface area (Å²) in [6.07, 6.45) is -0.258. The number of ether oxygens (including phenoxy) is 2. The molecule has 2 aromatic carbocycles. The quantitative estimate of drug-likeness (QED) is 0.378. The van der Waals surface area contributed by atoms with Gasteiger partial charge in [-0.25, -0.2) is 14.6 Å². The maximum absolute atomic E-state index is 13.3. The standard InChI is InChI=1S/C25H28ClN3O5/c1-16(27-24(32)34-25(2,3)4)21-28-19-13-8-12-18(26)20(19)22(30)29(21)14-9-15-33-23(31)17-10-6-5-7-11-17/h5-8,10-13,16H,9,14-15H2,1-4H3,(H,27,32)/t16-/m0/s1. The van der Waals surface area contributed by atoms with E-state index in [0.29, 0.717) is 33.7 Å². The number of aromatic nitrogens is 2. The number of esters is 1. The minimum atomic E-state index is -0.670. The Morgan fingerprint density at radius 3 is 2.50 bits per heavy atom. The number of carbonyl (C=O) groups is 2. The molecule has 3 aromatic rings. The number of halogens is 1. The molecule has 0 aliphatic carbocycles. The van der Waals surface area contributed by atoms with Gasteiger partial charge in [-0.05, 0) is 58.4 Å². The monoisotopic (exact) mass is 485 g/mol. The van der Waals surface area contributed by atoms with Gasteiger partial charge in [0.25, 0.3) is 5.56 Å². The third-order valence-electron chi connectivity index (χ3n) is 4.85. The van der Waals surface area contributed by atoms with Crippen molar-refractivity contribution in [3.63, 3.8) is 0 Å². The highest BCUT2D eigenvalue weighted by Gasteiger charge is 2.22. The van der Waals surface area contributed by atoms with Crippen LogP contribution < -0.4 is 10.9 Å². The predicted octanol–water partition coefficient (Wildman–Crippen LogP) is 4.88. The van der Waals surface area contributed by atoms with E-state index in [1.807, 2.05) is 6.07 Å². The lowest BCUT2D eigenvalue weighted by molar-refractivity contribution is 0.0483. The smallest absolute Gasteiger partial charge is 0.408 e. The Kier molecular flexibility index (Phi) is 7.94. The van der Waals surface area contributed by atoms with Crippen LogP contribution in [0.1, 0.15) is 56.3 Å². The first-order chi connectivity index (χ1) is 16.1. The van der Waals surface area contributed by atoms with Crippen LogP contribution in [0.2, 0.25) is 5.02 Å². The fraction of sp³-hybridized carbons (Fsp3) is 0.360. The van der Waals surface area contributed by atoms with Crippen LogP contribution in [0.15, 0.2) is 53.3 Å². The Balaban J connectivity index is 1.82. The molecule has 0 radical (unpaired) electrons. The fourth-order valence-electron chi connectivity index (χ4n) is 3.38. The highest BCUT2D eigenvalue weighted by atomic mass is 35.5. The lowest BCUT2D eigenvalue weighted by Crippen LogP contribution is -2.37. The van der Waals surface area contributed by atoms with Crippen molar-refractivity contribution >= 4 is 34.6 Å². The molecular formula is C25H28ClN3O5. The van der Waals surface area contributed by atoms with E-state index in [2.05, 4.69) is 10.3 Å². The van der Waals surface area contributed by atoms with Crippen LogP contribution in [0.4, 0.5) is 4.79 Å². The van der Waals surface area contributed by atoms with E-state index < -0.39 is 23.7 Å². The van der Waals surface area contributed by atoms with E-state index in [1.165, 1.54) is 4.57 Å². The van der Waals surface area contributed by atoms with E-state index in [4.69, 9.17) is 21.1 Å². The molecule has 9 heteroatoms. The number of hydrogen-bond donors (Lipinski definition) is 1. The minimum Gasteiger partial charge on any atom is -0.462 e. The van der Waals surface area contributed by atoms with Gasteiger partial charge in [-0.3, -0.25) is 9.36 Å². The van der Waals surface area contributed by atoms with Crippen molar-refractivity contribution < 1.29 is 19.1 Å². The maximum Gasteiger partial charge on any atom is 0.408 e. The normalized spacial score (nSPS) is 12.3. The van der Waals surface area contributed by atoms with E-state index in [9.17, 15) is 14.4 Å². The van der Waals surface area contributed by atoms with Crippen molar-refractivity contribution in [2.45, 2.75) is 52.3 Å². The molecule has 1 amide bonds. The number of nitrogens with zero attached hydrogens (tertiary/aromatic N) is 2. The Labute approximate surface area is 202 Å². The number of rotatable bonds is 7. The van der Waals surface area contributed by atoms with Gasteiger partial charge in [0, 0.05) is 6.54 Å². The summed E-state index contributed by atoms with van der Waals surface area (Å²) < 4.78 is 12.1. The molecule has 0 aliphatic heterocycles. The number of nitrogens with one attached hydrogen (secondary N) is 1. The first kappa shape index (κ1) is 25.2. The van der Waals surface area contributed by atoms with Crippen LogP contribution >= 0.6 is 11.6 Å². The molecule has 0 aliphatic rings.